The smallest absolute Gasteiger partial charge is 0.227 e. The van der Waals surface area contributed by atoms with Gasteiger partial charge in [0.25, 0.3) is 0 Å². The minimum Gasteiger partial charge on any atom is -0.353 e. The van der Waals surface area contributed by atoms with Crippen LogP contribution in [0.4, 0.5) is 5.69 Å². The van der Waals surface area contributed by atoms with E-state index in [1.165, 1.54) is 19.3 Å². The van der Waals surface area contributed by atoms with Crippen LogP contribution in [0, 0.1) is 18.8 Å². The Hall–Kier alpha value is -1.84. The summed E-state index contributed by atoms with van der Waals surface area (Å²) in [5.74, 6) is 0.710. The number of nitrogens with zero attached hydrogens (tertiary/aromatic N) is 1. The van der Waals surface area contributed by atoms with Crippen LogP contribution < -0.4 is 10.2 Å². The van der Waals surface area contributed by atoms with Crippen molar-refractivity contribution in [1.29, 1.82) is 0 Å². The molecule has 1 aliphatic carbocycles. The molecule has 0 unspecified atom stereocenters. The first-order valence-electron chi connectivity index (χ1n) is 9.24. The highest BCUT2D eigenvalue weighted by Gasteiger charge is 2.36. The molecule has 2 amide bonds. The lowest BCUT2D eigenvalue weighted by Crippen LogP contribution is -2.41. The molecule has 1 N–H and O–H groups in total. The number of hydrogen-bond acceptors (Lipinski definition) is 2. The Morgan fingerprint density at radius 2 is 1.92 bits per heavy atom. The number of anilines is 1. The summed E-state index contributed by atoms with van der Waals surface area (Å²) in [7, 11) is 0. The van der Waals surface area contributed by atoms with Crippen LogP contribution in [-0.2, 0) is 9.59 Å². The minimum absolute atomic E-state index is 0.0548. The fraction of sp³-hybridized carbons (Fsp3) is 0.600. The van der Waals surface area contributed by atoms with Gasteiger partial charge in [-0.2, -0.15) is 0 Å². The van der Waals surface area contributed by atoms with Crippen molar-refractivity contribution in [1.82, 2.24) is 5.32 Å². The quantitative estimate of drug-likeness (QED) is 0.920. The van der Waals surface area contributed by atoms with E-state index in [0.29, 0.717) is 19.0 Å². The maximum absolute atomic E-state index is 12.6. The molecule has 1 saturated heterocycles. The number of rotatable bonds is 4. The summed E-state index contributed by atoms with van der Waals surface area (Å²) in [5, 5.41) is 3.19. The Balaban J connectivity index is 1.58. The van der Waals surface area contributed by atoms with E-state index < -0.39 is 0 Å². The second kappa shape index (κ2) is 7.37. The van der Waals surface area contributed by atoms with Crippen molar-refractivity contribution in [2.75, 3.05) is 11.4 Å². The van der Waals surface area contributed by atoms with Crippen LogP contribution in [0.25, 0.3) is 0 Å². The van der Waals surface area contributed by atoms with Crippen molar-refractivity contribution in [3.05, 3.63) is 29.8 Å². The van der Waals surface area contributed by atoms with Gasteiger partial charge < -0.3 is 10.2 Å². The molecule has 3 rings (SSSR count). The maximum atomic E-state index is 12.6. The summed E-state index contributed by atoms with van der Waals surface area (Å²) in [4.78, 5) is 26.7. The van der Waals surface area contributed by atoms with Crippen molar-refractivity contribution in [3.8, 4) is 0 Å². The van der Waals surface area contributed by atoms with E-state index in [1.54, 1.807) is 4.90 Å². The predicted molar refractivity (Wildman–Crippen MR) is 95.8 cm³/mol. The van der Waals surface area contributed by atoms with Gasteiger partial charge in [0, 0.05) is 24.7 Å². The van der Waals surface area contributed by atoms with Crippen LogP contribution in [0.1, 0.15) is 51.0 Å². The molecule has 0 bridgehead atoms. The van der Waals surface area contributed by atoms with E-state index in [2.05, 4.69) is 12.2 Å². The number of nitrogens with one attached hydrogen (secondary N) is 1. The largest absolute Gasteiger partial charge is 0.353 e. The highest BCUT2D eigenvalue weighted by molar-refractivity contribution is 6.00. The molecule has 1 heterocycles. The molecule has 0 radical (unpaired) electrons. The summed E-state index contributed by atoms with van der Waals surface area (Å²) < 4.78 is 0. The fourth-order valence-corrected chi connectivity index (χ4v) is 4.02. The number of benzene rings is 1. The van der Waals surface area contributed by atoms with Gasteiger partial charge in [-0.15, -0.1) is 0 Å². The molecule has 0 aromatic heterocycles. The number of hydrogen-bond donors (Lipinski definition) is 1. The van der Waals surface area contributed by atoms with Gasteiger partial charge in [-0.25, -0.2) is 0 Å². The number of amides is 2. The third-order valence-electron chi connectivity index (χ3n) is 5.67. The van der Waals surface area contributed by atoms with E-state index in [4.69, 9.17) is 0 Å². The average Bonchev–Trinajstić information content (AvgIpc) is 2.98. The summed E-state index contributed by atoms with van der Waals surface area (Å²) in [6.07, 6.45) is 6.13. The molecule has 130 valence electrons. The van der Waals surface area contributed by atoms with Crippen LogP contribution in [0.5, 0.6) is 0 Å². The molecule has 2 fully saturated rings. The lowest BCUT2D eigenvalue weighted by Gasteiger charge is -2.29. The SMILES string of the molecule is CCC1CCC(NC(=O)[C@H]2CC(=O)N(c3ccccc3C)C2)CC1. The molecule has 4 heteroatoms. The van der Waals surface area contributed by atoms with Gasteiger partial charge in [0.1, 0.15) is 0 Å². The second-order valence-electron chi connectivity index (χ2n) is 7.33. The van der Waals surface area contributed by atoms with E-state index in [-0.39, 0.29) is 17.7 Å². The van der Waals surface area contributed by atoms with E-state index in [0.717, 1.165) is 30.0 Å². The van der Waals surface area contributed by atoms with Gasteiger partial charge >= 0.3 is 0 Å². The fourth-order valence-electron chi connectivity index (χ4n) is 4.02. The van der Waals surface area contributed by atoms with Gasteiger partial charge in [-0.3, -0.25) is 9.59 Å². The van der Waals surface area contributed by atoms with Crippen LogP contribution in [0.2, 0.25) is 0 Å². The Labute approximate surface area is 144 Å². The third kappa shape index (κ3) is 3.63. The number of carbonyl (C=O) groups excluding carboxylic acids is 2. The Morgan fingerprint density at radius 3 is 2.58 bits per heavy atom. The molecular formula is C20H28N2O2. The zero-order chi connectivity index (χ0) is 17.1. The minimum atomic E-state index is -0.221. The van der Waals surface area contributed by atoms with E-state index in [1.807, 2.05) is 31.2 Å². The lowest BCUT2D eigenvalue weighted by molar-refractivity contribution is -0.127. The van der Waals surface area contributed by atoms with E-state index >= 15 is 0 Å². The highest BCUT2D eigenvalue weighted by atomic mass is 16.2. The molecular weight excluding hydrogens is 300 g/mol. The molecule has 2 aliphatic rings. The van der Waals surface area contributed by atoms with Crippen molar-refractivity contribution < 1.29 is 9.59 Å². The average molecular weight is 328 g/mol. The number of carbonyl (C=O) groups is 2. The molecule has 1 aromatic rings. The first-order chi connectivity index (χ1) is 11.6. The number of aryl methyl sites for hydroxylation is 1. The van der Waals surface area contributed by atoms with Crippen LogP contribution in [0.3, 0.4) is 0 Å². The van der Waals surface area contributed by atoms with Crippen molar-refractivity contribution >= 4 is 17.5 Å². The summed E-state index contributed by atoms with van der Waals surface area (Å²) in [6.45, 7) is 4.75. The maximum Gasteiger partial charge on any atom is 0.227 e. The van der Waals surface area contributed by atoms with Crippen LogP contribution >= 0.6 is 0 Å². The normalized spacial score (nSPS) is 27.3. The van der Waals surface area contributed by atoms with Crippen molar-refractivity contribution in [2.45, 2.75) is 58.4 Å². The summed E-state index contributed by atoms with van der Waals surface area (Å²) >= 11 is 0. The third-order valence-corrected chi connectivity index (χ3v) is 5.67. The van der Waals surface area contributed by atoms with Gasteiger partial charge in [-0.05, 0) is 50.2 Å². The Kier molecular flexibility index (Phi) is 5.22. The van der Waals surface area contributed by atoms with Gasteiger partial charge in [0.2, 0.25) is 11.8 Å². The zero-order valence-corrected chi connectivity index (χ0v) is 14.8. The van der Waals surface area contributed by atoms with Crippen LogP contribution in [-0.4, -0.2) is 24.4 Å². The van der Waals surface area contributed by atoms with Crippen molar-refractivity contribution in [3.63, 3.8) is 0 Å². The summed E-state index contributed by atoms with van der Waals surface area (Å²) in [6, 6.07) is 8.16. The molecule has 1 aromatic carbocycles. The first-order valence-corrected chi connectivity index (χ1v) is 9.24. The molecule has 1 aliphatic heterocycles. The standard InChI is InChI=1S/C20H28N2O2/c1-3-15-8-10-17(11-9-15)21-20(24)16-12-19(23)22(13-16)18-7-5-4-6-14(18)2/h4-7,15-17H,3,8-13H2,1-2H3,(H,21,24)/t15?,16-,17?/m0/s1. The highest BCUT2D eigenvalue weighted by Crippen LogP contribution is 2.29. The Bertz CT molecular complexity index is 605. The predicted octanol–water partition coefficient (Wildman–Crippen LogP) is 3.43. The molecule has 4 nitrogen and oxygen atoms in total. The Morgan fingerprint density at radius 1 is 1.21 bits per heavy atom. The second-order valence-corrected chi connectivity index (χ2v) is 7.33. The summed E-state index contributed by atoms with van der Waals surface area (Å²) in [5.41, 5.74) is 2.01. The van der Waals surface area contributed by atoms with Crippen molar-refractivity contribution in [2.24, 2.45) is 11.8 Å². The molecule has 1 atom stereocenters. The lowest BCUT2D eigenvalue weighted by atomic mass is 9.84. The number of para-hydroxylation sites is 1. The zero-order valence-electron chi connectivity index (χ0n) is 14.8. The molecule has 0 spiro atoms. The van der Waals surface area contributed by atoms with Crippen LogP contribution in [0.15, 0.2) is 24.3 Å². The molecule has 24 heavy (non-hydrogen) atoms. The van der Waals surface area contributed by atoms with Gasteiger partial charge in [0.05, 0.1) is 5.92 Å². The molecule has 1 saturated carbocycles. The topological polar surface area (TPSA) is 49.4 Å². The van der Waals surface area contributed by atoms with Gasteiger partial charge in [0.15, 0.2) is 0 Å². The van der Waals surface area contributed by atoms with Gasteiger partial charge in [-0.1, -0.05) is 31.5 Å². The first kappa shape index (κ1) is 17.0. The monoisotopic (exact) mass is 328 g/mol. The van der Waals surface area contributed by atoms with E-state index in [9.17, 15) is 9.59 Å².